The molecule has 2 bridgehead atoms. The van der Waals surface area contributed by atoms with Gasteiger partial charge in [-0.3, -0.25) is 9.59 Å². The minimum absolute atomic E-state index is 0.169. The van der Waals surface area contributed by atoms with Gasteiger partial charge in [0.05, 0.1) is 36.7 Å². The molecule has 1 aliphatic heterocycles. The van der Waals surface area contributed by atoms with Crippen LogP contribution < -0.4 is 9.47 Å². The molecule has 1 saturated heterocycles. The normalized spacial score (nSPS) is 35.6. The van der Waals surface area contributed by atoms with Crippen molar-refractivity contribution in [3.63, 3.8) is 0 Å². The van der Waals surface area contributed by atoms with Gasteiger partial charge in [0.2, 0.25) is 0 Å². The minimum Gasteiger partial charge on any atom is -0.496 e. The molecule has 0 spiro atoms. The third kappa shape index (κ3) is 2.33. The second kappa shape index (κ2) is 5.92. The molecule has 1 aromatic carbocycles. The van der Waals surface area contributed by atoms with Gasteiger partial charge in [-0.05, 0) is 52.1 Å². The van der Waals surface area contributed by atoms with E-state index in [1.54, 1.807) is 26.4 Å². The first-order valence-electron chi connectivity index (χ1n) is 9.06. The van der Waals surface area contributed by atoms with Crippen LogP contribution in [-0.2, 0) is 9.59 Å². The Morgan fingerprint density at radius 3 is 2.19 bits per heavy atom. The van der Waals surface area contributed by atoms with Crippen molar-refractivity contribution >= 4 is 34.0 Å². The summed E-state index contributed by atoms with van der Waals surface area (Å²) in [6.07, 6.45) is 6.96. The smallest absolute Gasteiger partial charge is 0.254 e. The Balaban J connectivity index is 1.45. The van der Waals surface area contributed by atoms with E-state index in [2.05, 4.69) is 33.2 Å². The van der Waals surface area contributed by atoms with Crippen molar-refractivity contribution < 1.29 is 19.1 Å². The Labute approximate surface area is 165 Å². The van der Waals surface area contributed by atoms with Gasteiger partial charge in [0.15, 0.2) is 0 Å². The first-order chi connectivity index (χ1) is 13.0. The van der Waals surface area contributed by atoms with E-state index in [1.165, 1.54) is 6.21 Å². The van der Waals surface area contributed by atoms with Crippen LogP contribution >= 0.6 is 15.9 Å². The zero-order valence-corrected chi connectivity index (χ0v) is 16.5. The first kappa shape index (κ1) is 17.0. The summed E-state index contributed by atoms with van der Waals surface area (Å²) >= 11 is 3.44. The maximum Gasteiger partial charge on any atom is 0.254 e. The molecule has 6 atom stereocenters. The Morgan fingerprint density at radius 1 is 1.04 bits per heavy atom. The van der Waals surface area contributed by atoms with Gasteiger partial charge in [0.25, 0.3) is 11.8 Å². The lowest BCUT2D eigenvalue weighted by molar-refractivity contribution is -0.140. The fourth-order valence-electron chi connectivity index (χ4n) is 5.16. The summed E-state index contributed by atoms with van der Waals surface area (Å²) in [4.78, 5) is 25.9. The van der Waals surface area contributed by atoms with Crippen LogP contribution in [0.5, 0.6) is 11.5 Å². The van der Waals surface area contributed by atoms with Crippen molar-refractivity contribution in [3.05, 3.63) is 34.3 Å². The van der Waals surface area contributed by atoms with Crippen LogP contribution in [0.25, 0.3) is 0 Å². The molecule has 0 radical (unpaired) electrons. The van der Waals surface area contributed by atoms with E-state index in [0.717, 1.165) is 15.9 Å². The monoisotopic (exact) mass is 430 g/mol. The molecule has 2 amide bonds. The fraction of sp³-hybridized carbons (Fsp3) is 0.450. The van der Waals surface area contributed by atoms with Crippen LogP contribution in [0.4, 0.5) is 0 Å². The van der Waals surface area contributed by atoms with E-state index in [1.807, 2.05) is 0 Å². The van der Waals surface area contributed by atoms with Crippen molar-refractivity contribution in [2.45, 2.75) is 6.42 Å². The average Bonchev–Trinajstić information content (AvgIpc) is 3.45. The van der Waals surface area contributed by atoms with E-state index >= 15 is 0 Å². The predicted octanol–water partition coefficient (Wildman–Crippen LogP) is 2.85. The van der Waals surface area contributed by atoms with E-state index in [9.17, 15) is 9.59 Å². The highest BCUT2D eigenvalue weighted by atomic mass is 79.9. The summed E-state index contributed by atoms with van der Waals surface area (Å²) in [7, 11) is 3.12. The van der Waals surface area contributed by atoms with Crippen LogP contribution in [0.1, 0.15) is 12.0 Å². The third-order valence-electron chi connectivity index (χ3n) is 6.46. The molecule has 6 nitrogen and oxygen atoms in total. The highest BCUT2D eigenvalue weighted by Gasteiger charge is 2.67. The van der Waals surface area contributed by atoms with Crippen molar-refractivity contribution in [1.82, 2.24) is 5.01 Å². The number of benzene rings is 1. The standard InChI is InChI=1S/C20H19BrN2O4/c1-26-15-7-16(27-2)14(21)5-9(15)8-22-23-19(24)17-10-3-4-11(13-6-12(10)13)18(17)20(23)25/h3-5,7-8,10-13,17-18H,6H2,1-2H3/b22-8+/t10-,11-,12-,13-,17+,18+/m1/s1. The van der Waals surface area contributed by atoms with Crippen LogP contribution in [0.3, 0.4) is 0 Å². The molecule has 27 heavy (non-hydrogen) atoms. The van der Waals surface area contributed by atoms with Crippen LogP contribution in [0.15, 0.2) is 33.9 Å². The molecule has 6 rings (SSSR count). The molecular formula is C20H19BrN2O4. The maximum atomic E-state index is 12.9. The number of nitrogens with zero attached hydrogens (tertiary/aromatic N) is 2. The third-order valence-corrected chi connectivity index (χ3v) is 7.08. The average molecular weight is 431 g/mol. The molecule has 0 N–H and O–H groups in total. The Kier molecular flexibility index (Phi) is 3.73. The number of amides is 2. The summed E-state index contributed by atoms with van der Waals surface area (Å²) in [5, 5.41) is 5.34. The van der Waals surface area contributed by atoms with Crippen molar-refractivity contribution in [3.8, 4) is 11.5 Å². The minimum atomic E-state index is -0.238. The van der Waals surface area contributed by atoms with Crippen molar-refractivity contribution in [1.29, 1.82) is 0 Å². The number of hydrogen-bond donors (Lipinski definition) is 0. The molecule has 7 heteroatoms. The first-order valence-corrected chi connectivity index (χ1v) is 9.86. The molecule has 0 unspecified atom stereocenters. The van der Waals surface area contributed by atoms with Crippen LogP contribution in [-0.4, -0.2) is 37.3 Å². The topological polar surface area (TPSA) is 68.2 Å². The molecule has 3 fully saturated rings. The van der Waals surface area contributed by atoms with E-state index in [4.69, 9.17) is 9.47 Å². The van der Waals surface area contributed by atoms with Gasteiger partial charge in [0.1, 0.15) is 11.5 Å². The quantitative estimate of drug-likeness (QED) is 0.418. The van der Waals surface area contributed by atoms with Crippen molar-refractivity contribution in [2.24, 2.45) is 40.6 Å². The molecule has 5 aliphatic rings. The van der Waals surface area contributed by atoms with Gasteiger partial charge < -0.3 is 9.47 Å². The van der Waals surface area contributed by atoms with E-state index in [-0.39, 0.29) is 35.5 Å². The molecule has 1 heterocycles. The number of rotatable bonds is 4. The second-order valence-corrected chi connectivity index (χ2v) is 8.47. The fourth-order valence-corrected chi connectivity index (χ4v) is 5.68. The number of imide groups is 1. The van der Waals surface area contributed by atoms with E-state index < -0.39 is 0 Å². The molecule has 1 aromatic rings. The lowest BCUT2D eigenvalue weighted by Crippen LogP contribution is -2.40. The van der Waals surface area contributed by atoms with Crippen molar-refractivity contribution in [2.75, 3.05) is 14.2 Å². The van der Waals surface area contributed by atoms with Gasteiger partial charge in [-0.2, -0.15) is 10.1 Å². The molecule has 0 aromatic heterocycles. The lowest BCUT2D eigenvalue weighted by atomic mass is 9.63. The summed E-state index contributed by atoms with van der Waals surface area (Å²) < 4.78 is 11.4. The Bertz CT molecular complexity index is 875. The van der Waals surface area contributed by atoms with Crippen LogP contribution in [0, 0.1) is 35.5 Å². The Morgan fingerprint density at radius 2 is 1.63 bits per heavy atom. The highest BCUT2D eigenvalue weighted by molar-refractivity contribution is 9.10. The zero-order valence-electron chi connectivity index (χ0n) is 15.0. The molecular weight excluding hydrogens is 412 g/mol. The largest absolute Gasteiger partial charge is 0.496 e. The number of allylic oxidation sites excluding steroid dienone is 2. The number of carbonyl (C=O) groups excluding carboxylic acids is 2. The highest BCUT2D eigenvalue weighted by Crippen LogP contribution is 2.65. The number of methoxy groups -OCH3 is 2. The predicted molar refractivity (Wildman–Crippen MR) is 101 cm³/mol. The van der Waals surface area contributed by atoms with Gasteiger partial charge in [-0.15, -0.1) is 0 Å². The van der Waals surface area contributed by atoms with Gasteiger partial charge in [-0.25, -0.2) is 0 Å². The number of hydrogen-bond acceptors (Lipinski definition) is 5. The SMILES string of the molecule is COc1cc(OC)c(/C=N/N2C(=O)[C@H]3[C@@H]4C=C[C@H]([C@H]5C[C@H]45)[C@@H]3C2=O)cc1Br. The Hall–Kier alpha value is -2.15. The molecule has 4 aliphatic carbocycles. The van der Waals surface area contributed by atoms with E-state index in [0.29, 0.717) is 28.9 Å². The van der Waals surface area contributed by atoms with Gasteiger partial charge >= 0.3 is 0 Å². The maximum absolute atomic E-state index is 12.9. The number of ether oxygens (including phenoxy) is 2. The van der Waals surface area contributed by atoms with Crippen LogP contribution in [0.2, 0.25) is 0 Å². The number of carbonyl (C=O) groups is 2. The number of halogens is 1. The van der Waals surface area contributed by atoms with Gasteiger partial charge in [0, 0.05) is 11.6 Å². The van der Waals surface area contributed by atoms with Gasteiger partial charge in [-0.1, -0.05) is 12.2 Å². The summed E-state index contributed by atoms with van der Waals surface area (Å²) in [5.41, 5.74) is 0.657. The summed E-state index contributed by atoms with van der Waals surface area (Å²) in [6.45, 7) is 0. The molecule has 140 valence electrons. The summed E-state index contributed by atoms with van der Waals surface area (Å²) in [6, 6.07) is 3.52. The molecule has 2 saturated carbocycles. The second-order valence-electron chi connectivity index (χ2n) is 7.62. The lowest BCUT2D eigenvalue weighted by Gasteiger charge is -2.37. The number of hydrazone groups is 1. The zero-order chi connectivity index (χ0) is 18.9. The summed E-state index contributed by atoms with van der Waals surface area (Å²) in [5.74, 6) is 1.94.